The smallest absolute Gasteiger partial charge is 0.379 e. The maximum Gasteiger partial charge on any atom is 0.379 e. The molecule has 0 saturated carbocycles. The van der Waals surface area contributed by atoms with Crippen LogP contribution in [0.25, 0.3) is 0 Å². The van der Waals surface area contributed by atoms with E-state index >= 15 is 0 Å². The van der Waals surface area contributed by atoms with Crippen LogP contribution in [0.3, 0.4) is 0 Å². The van der Waals surface area contributed by atoms with Gasteiger partial charge < -0.3 is 5.11 Å². The highest BCUT2D eigenvalue weighted by Gasteiger charge is 2.43. The van der Waals surface area contributed by atoms with Crippen LogP contribution in [0.1, 0.15) is 16.7 Å². The topological polar surface area (TPSA) is 66.4 Å². The van der Waals surface area contributed by atoms with Crippen LogP contribution in [0.2, 0.25) is 0 Å². The molecule has 18 heavy (non-hydrogen) atoms. The highest BCUT2D eigenvalue weighted by molar-refractivity contribution is 6.21. The van der Waals surface area contributed by atoms with Crippen molar-refractivity contribution in [3.63, 3.8) is 0 Å². The molecular formula is C11H10ClF2NO3. The SMILES string of the molecule is Cc1cccc(C(F)(F)C(=O)O)c1CC(=O)NCl. The van der Waals surface area contributed by atoms with Gasteiger partial charge in [-0.2, -0.15) is 8.78 Å². The number of carboxylic acids is 1. The van der Waals surface area contributed by atoms with Crippen molar-refractivity contribution in [2.24, 2.45) is 0 Å². The fourth-order valence-electron chi connectivity index (χ4n) is 1.54. The first kappa shape index (κ1) is 14.4. The van der Waals surface area contributed by atoms with Gasteiger partial charge in [-0.1, -0.05) is 18.2 Å². The van der Waals surface area contributed by atoms with Gasteiger partial charge in [0.2, 0.25) is 5.91 Å². The molecule has 0 atom stereocenters. The minimum atomic E-state index is -4.05. The van der Waals surface area contributed by atoms with Crippen molar-refractivity contribution < 1.29 is 23.5 Å². The van der Waals surface area contributed by atoms with Crippen LogP contribution in [0.4, 0.5) is 8.78 Å². The Hall–Kier alpha value is -1.69. The van der Waals surface area contributed by atoms with Crippen molar-refractivity contribution >= 4 is 23.7 Å². The van der Waals surface area contributed by atoms with Gasteiger partial charge in [-0.15, -0.1) is 0 Å². The lowest BCUT2D eigenvalue weighted by molar-refractivity contribution is -0.166. The highest BCUT2D eigenvalue weighted by Crippen LogP contribution is 2.32. The molecule has 0 spiro atoms. The minimum Gasteiger partial charge on any atom is -0.477 e. The lowest BCUT2D eigenvalue weighted by Gasteiger charge is -2.17. The number of nitrogens with one attached hydrogen (secondary N) is 1. The molecule has 2 N–H and O–H groups in total. The zero-order valence-corrected chi connectivity index (χ0v) is 10.1. The summed E-state index contributed by atoms with van der Waals surface area (Å²) >= 11 is 5.08. The Balaban J connectivity index is 3.32. The first-order valence-electron chi connectivity index (χ1n) is 4.90. The van der Waals surface area contributed by atoms with Crippen LogP contribution >= 0.6 is 11.8 Å². The van der Waals surface area contributed by atoms with Gasteiger partial charge in [-0.25, -0.2) is 4.79 Å². The summed E-state index contributed by atoms with van der Waals surface area (Å²) in [6.45, 7) is 1.51. The van der Waals surface area contributed by atoms with Crippen LogP contribution in [0.5, 0.6) is 0 Å². The molecule has 4 nitrogen and oxygen atoms in total. The Kier molecular flexibility index (Phi) is 4.24. The van der Waals surface area contributed by atoms with Gasteiger partial charge in [-0.05, 0) is 18.1 Å². The molecule has 98 valence electrons. The molecule has 1 amide bonds. The van der Waals surface area contributed by atoms with E-state index in [1.807, 2.05) is 0 Å². The number of carboxylic acid groups (broad SMARTS) is 1. The van der Waals surface area contributed by atoms with Gasteiger partial charge in [0, 0.05) is 17.3 Å². The van der Waals surface area contributed by atoms with Crippen LogP contribution in [0.15, 0.2) is 18.2 Å². The molecule has 0 heterocycles. The Morgan fingerprint density at radius 1 is 1.44 bits per heavy atom. The minimum absolute atomic E-state index is 0.0388. The Morgan fingerprint density at radius 2 is 2.06 bits per heavy atom. The summed E-state index contributed by atoms with van der Waals surface area (Å²) in [4.78, 5) is 23.5. The van der Waals surface area contributed by atoms with Crippen molar-refractivity contribution in [2.45, 2.75) is 19.3 Å². The number of amides is 1. The molecule has 0 aromatic heterocycles. The van der Waals surface area contributed by atoms with E-state index in [0.717, 1.165) is 6.07 Å². The van der Waals surface area contributed by atoms with E-state index in [4.69, 9.17) is 16.9 Å². The van der Waals surface area contributed by atoms with E-state index in [1.54, 1.807) is 4.84 Å². The van der Waals surface area contributed by atoms with E-state index in [9.17, 15) is 18.4 Å². The summed E-state index contributed by atoms with van der Waals surface area (Å²) in [6, 6.07) is 3.81. The second kappa shape index (κ2) is 5.30. The third kappa shape index (κ3) is 2.76. The Bertz CT molecular complexity index is 491. The summed E-state index contributed by atoms with van der Waals surface area (Å²) in [5, 5.41) is 8.52. The molecule has 1 rings (SSSR count). The van der Waals surface area contributed by atoms with Gasteiger partial charge >= 0.3 is 11.9 Å². The average molecular weight is 278 g/mol. The maximum atomic E-state index is 13.5. The van der Waals surface area contributed by atoms with E-state index in [0.29, 0.717) is 5.56 Å². The standard InChI is InChI=1S/C11H10ClF2NO3/c1-6-3-2-4-8(11(13,14)10(17)18)7(6)5-9(16)15-12/h2-4H,5H2,1H3,(H,15,16)(H,17,18). The Labute approximate surface area is 107 Å². The predicted molar refractivity (Wildman–Crippen MR) is 60.4 cm³/mol. The van der Waals surface area contributed by atoms with Crippen LogP contribution in [-0.4, -0.2) is 17.0 Å². The van der Waals surface area contributed by atoms with Gasteiger partial charge in [0.1, 0.15) is 0 Å². The molecule has 0 saturated heterocycles. The van der Waals surface area contributed by atoms with Crippen LogP contribution in [-0.2, 0) is 21.9 Å². The largest absolute Gasteiger partial charge is 0.477 e. The second-order valence-corrected chi connectivity index (χ2v) is 3.86. The lowest BCUT2D eigenvalue weighted by Crippen LogP contribution is -2.28. The number of hydrogen-bond acceptors (Lipinski definition) is 2. The van der Waals surface area contributed by atoms with E-state index in [-0.39, 0.29) is 5.56 Å². The average Bonchev–Trinajstić information content (AvgIpc) is 2.31. The number of aliphatic carboxylic acids is 1. The molecule has 0 aliphatic carbocycles. The number of benzene rings is 1. The van der Waals surface area contributed by atoms with Gasteiger partial charge in [-0.3, -0.25) is 9.63 Å². The summed E-state index contributed by atoms with van der Waals surface area (Å²) in [7, 11) is 0. The Morgan fingerprint density at radius 3 is 2.56 bits per heavy atom. The third-order valence-corrected chi connectivity index (χ3v) is 2.67. The van der Waals surface area contributed by atoms with Crippen LogP contribution in [0, 0.1) is 6.92 Å². The van der Waals surface area contributed by atoms with Crippen molar-refractivity contribution in [3.05, 3.63) is 34.9 Å². The molecule has 0 radical (unpaired) electrons. The molecule has 0 aliphatic heterocycles. The summed E-state index contributed by atoms with van der Waals surface area (Å²) in [5.74, 6) is -7.00. The number of rotatable bonds is 4. The molecule has 1 aromatic rings. The number of hydrogen-bond donors (Lipinski definition) is 2. The first-order valence-corrected chi connectivity index (χ1v) is 5.28. The summed E-state index contributed by atoms with van der Waals surface area (Å²) in [5.41, 5.74) is -0.341. The van der Waals surface area contributed by atoms with Crippen LogP contribution < -0.4 is 4.84 Å². The number of alkyl halides is 2. The molecule has 0 aliphatic rings. The molecule has 0 bridgehead atoms. The maximum absolute atomic E-state index is 13.5. The monoisotopic (exact) mass is 277 g/mol. The number of carbonyl (C=O) groups excluding carboxylic acids is 1. The highest BCUT2D eigenvalue weighted by atomic mass is 35.5. The normalized spacial score (nSPS) is 11.1. The lowest BCUT2D eigenvalue weighted by atomic mass is 9.94. The predicted octanol–water partition coefficient (Wildman–Crippen LogP) is 1.98. The number of halogens is 3. The molecule has 1 aromatic carbocycles. The van der Waals surface area contributed by atoms with Crippen molar-refractivity contribution in [2.75, 3.05) is 0 Å². The number of carbonyl (C=O) groups is 2. The summed E-state index contributed by atoms with van der Waals surface area (Å²) < 4.78 is 27.0. The van der Waals surface area contributed by atoms with Crippen molar-refractivity contribution in [1.82, 2.24) is 4.84 Å². The first-order chi connectivity index (χ1) is 8.30. The van der Waals surface area contributed by atoms with E-state index in [1.165, 1.54) is 19.1 Å². The fraction of sp³-hybridized carbons (Fsp3) is 0.273. The summed E-state index contributed by atoms with van der Waals surface area (Å²) in [6.07, 6.45) is -0.408. The van der Waals surface area contributed by atoms with Gasteiger partial charge in [0.25, 0.3) is 0 Å². The van der Waals surface area contributed by atoms with Gasteiger partial charge in [0.05, 0.1) is 6.42 Å². The zero-order valence-electron chi connectivity index (χ0n) is 9.34. The van der Waals surface area contributed by atoms with Gasteiger partial charge in [0.15, 0.2) is 0 Å². The molecule has 0 fully saturated rings. The zero-order chi connectivity index (χ0) is 13.9. The van der Waals surface area contributed by atoms with Crippen molar-refractivity contribution in [1.29, 1.82) is 0 Å². The third-order valence-electron chi connectivity index (χ3n) is 2.46. The molecular weight excluding hydrogens is 268 g/mol. The van der Waals surface area contributed by atoms with E-state index in [2.05, 4.69) is 0 Å². The number of aryl methyl sites for hydroxylation is 1. The van der Waals surface area contributed by atoms with Crippen molar-refractivity contribution in [3.8, 4) is 0 Å². The fourth-order valence-corrected chi connectivity index (χ4v) is 1.61. The van der Waals surface area contributed by atoms with E-state index < -0.39 is 29.8 Å². The molecule has 7 heteroatoms. The quantitative estimate of drug-likeness (QED) is 0.827. The second-order valence-electron chi connectivity index (χ2n) is 3.68. The molecule has 0 unspecified atom stereocenters.